The molecule has 0 spiro atoms. The van der Waals surface area contributed by atoms with E-state index in [1.165, 1.54) is 19.5 Å². The second-order valence-electron chi connectivity index (χ2n) is 5.39. The van der Waals surface area contributed by atoms with Crippen LogP contribution in [0.15, 0.2) is 60.9 Å². The summed E-state index contributed by atoms with van der Waals surface area (Å²) in [7, 11) is 1.52. The topological polar surface area (TPSA) is 107 Å². The van der Waals surface area contributed by atoms with Gasteiger partial charge in [0.15, 0.2) is 0 Å². The summed E-state index contributed by atoms with van der Waals surface area (Å²) in [4.78, 5) is 32.2. The SMILES string of the molecule is COc1ccccc1NC(=O)c1cncc(-c2cccc(C(N)=O)c2)n1. The van der Waals surface area contributed by atoms with E-state index in [9.17, 15) is 9.59 Å². The van der Waals surface area contributed by atoms with Gasteiger partial charge in [-0.1, -0.05) is 24.3 Å². The molecule has 7 nitrogen and oxygen atoms in total. The molecule has 1 heterocycles. The van der Waals surface area contributed by atoms with Gasteiger partial charge >= 0.3 is 0 Å². The van der Waals surface area contributed by atoms with Crippen LogP contribution in [0.4, 0.5) is 5.69 Å². The Morgan fingerprint density at radius 1 is 1.08 bits per heavy atom. The van der Waals surface area contributed by atoms with Crippen molar-refractivity contribution in [2.75, 3.05) is 12.4 Å². The van der Waals surface area contributed by atoms with E-state index in [0.717, 1.165) is 0 Å². The number of nitrogens with one attached hydrogen (secondary N) is 1. The molecule has 130 valence electrons. The molecule has 0 atom stereocenters. The van der Waals surface area contributed by atoms with E-state index in [-0.39, 0.29) is 5.69 Å². The van der Waals surface area contributed by atoms with Crippen LogP contribution in [0.5, 0.6) is 5.75 Å². The summed E-state index contributed by atoms with van der Waals surface area (Å²) in [5.41, 5.74) is 7.42. The second kappa shape index (κ2) is 7.43. The predicted octanol–water partition coefficient (Wildman–Crippen LogP) is 2.50. The Bertz CT molecular complexity index is 972. The van der Waals surface area contributed by atoms with Gasteiger partial charge in [-0.25, -0.2) is 4.98 Å². The maximum absolute atomic E-state index is 12.5. The lowest BCUT2D eigenvalue weighted by Crippen LogP contribution is -2.15. The summed E-state index contributed by atoms with van der Waals surface area (Å²) in [5, 5.41) is 2.75. The third kappa shape index (κ3) is 3.67. The molecule has 0 fully saturated rings. The largest absolute Gasteiger partial charge is 0.495 e. The van der Waals surface area contributed by atoms with Crippen LogP contribution >= 0.6 is 0 Å². The number of hydrogen-bond donors (Lipinski definition) is 2. The molecule has 2 amide bonds. The Hall–Kier alpha value is -3.74. The molecular weight excluding hydrogens is 332 g/mol. The molecule has 0 bridgehead atoms. The van der Waals surface area contributed by atoms with Crippen molar-refractivity contribution < 1.29 is 14.3 Å². The van der Waals surface area contributed by atoms with Gasteiger partial charge in [0.2, 0.25) is 5.91 Å². The third-order valence-corrected chi connectivity index (χ3v) is 3.67. The Labute approximate surface area is 149 Å². The van der Waals surface area contributed by atoms with E-state index in [4.69, 9.17) is 10.5 Å². The van der Waals surface area contributed by atoms with Crippen LogP contribution < -0.4 is 15.8 Å². The van der Waals surface area contributed by atoms with Gasteiger partial charge in [0.05, 0.1) is 30.9 Å². The van der Waals surface area contributed by atoms with Crippen molar-refractivity contribution in [3.8, 4) is 17.0 Å². The molecule has 26 heavy (non-hydrogen) atoms. The summed E-state index contributed by atoms with van der Waals surface area (Å²) in [6, 6.07) is 13.7. The molecule has 3 rings (SSSR count). The van der Waals surface area contributed by atoms with Crippen LogP contribution in [-0.2, 0) is 0 Å². The van der Waals surface area contributed by atoms with Crippen molar-refractivity contribution in [2.24, 2.45) is 5.73 Å². The molecule has 7 heteroatoms. The first-order chi connectivity index (χ1) is 12.6. The molecule has 0 saturated carbocycles. The number of nitrogens with two attached hydrogens (primary N) is 1. The molecule has 0 aliphatic heterocycles. The number of benzene rings is 2. The minimum Gasteiger partial charge on any atom is -0.495 e. The number of carbonyl (C=O) groups is 2. The van der Waals surface area contributed by atoms with Gasteiger partial charge < -0.3 is 15.8 Å². The number of aromatic nitrogens is 2. The highest BCUT2D eigenvalue weighted by atomic mass is 16.5. The zero-order valence-electron chi connectivity index (χ0n) is 14.0. The monoisotopic (exact) mass is 348 g/mol. The number of methoxy groups -OCH3 is 1. The molecule has 1 aromatic heterocycles. The summed E-state index contributed by atoms with van der Waals surface area (Å²) < 4.78 is 5.22. The number of anilines is 1. The highest BCUT2D eigenvalue weighted by molar-refractivity contribution is 6.03. The number of ether oxygens (including phenoxy) is 1. The van der Waals surface area contributed by atoms with Gasteiger partial charge in [0.25, 0.3) is 5.91 Å². The lowest BCUT2D eigenvalue weighted by molar-refractivity contribution is 0.0997. The smallest absolute Gasteiger partial charge is 0.275 e. The highest BCUT2D eigenvalue weighted by Crippen LogP contribution is 2.24. The van der Waals surface area contributed by atoms with E-state index < -0.39 is 11.8 Å². The van der Waals surface area contributed by atoms with E-state index in [0.29, 0.717) is 28.3 Å². The van der Waals surface area contributed by atoms with Gasteiger partial charge in [-0.05, 0) is 24.3 Å². The number of rotatable bonds is 5. The van der Waals surface area contributed by atoms with Crippen molar-refractivity contribution in [1.29, 1.82) is 0 Å². The van der Waals surface area contributed by atoms with Crippen molar-refractivity contribution in [3.63, 3.8) is 0 Å². The highest BCUT2D eigenvalue weighted by Gasteiger charge is 2.13. The number of carbonyl (C=O) groups excluding carboxylic acids is 2. The molecule has 3 aromatic rings. The van der Waals surface area contributed by atoms with E-state index in [1.807, 2.05) is 0 Å². The Balaban J connectivity index is 1.88. The van der Waals surface area contributed by atoms with Gasteiger partial charge in [-0.3, -0.25) is 14.6 Å². The van der Waals surface area contributed by atoms with Crippen molar-refractivity contribution in [2.45, 2.75) is 0 Å². The fourth-order valence-electron chi connectivity index (χ4n) is 2.38. The molecule has 0 aliphatic carbocycles. The molecule has 3 N–H and O–H groups in total. The fraction of sp³-hybridized carbons (Fsp3) is 0.0526. The summed E-state index contributed by atoms with van der Waals surface area (Å²) in [5.74, 6) is -0.418. The minimum absolute atomic E-state index is 0.137. The van der Waals surface area contributed by atoms with E-state index >= 15 is 0 Å². The quantitative estimate of drug-likeness (QED) is 0.736. The fourth-order valence-corrected chi connectivity index (χ4v) is 2.38. The number of nitrogens with zero attached hydrogens (tertiary/aromatic N) is 2. The van der Waals surface area contributed by atoms with Gasteiger partial charge in [-0.15, -0.1) is 0 Å². The molecule has 0 radical (unpaired) electrons. The standard InChI is InChI=1S/C19H16N4O3/c1-26-17-8-3-2-7-14(17)23-19(25)16-11-21-10-15(22-16)12-5-4-6-13(9-12)18(20)24/h2-11H,1H3,(H2,20,24)(H,23,25). The Kier molecular flexibility index (Phi) is 4.89. The Morgan fingerprint density at radius 2 is 1.88 bits per heavy atom. The number of hydrogen-bond acceptors (Lipinski definition) is 5. The first-order valence-corrected chi connectivity index (χ1v) is 7.75. The lowest BCUT2D eigenvalue weighted by atomic mass is 10.1. The average molecular weight is 348 g/mol. The summed E-state index contributed by atoms with van der Waals surface area (Å²) in [6.45, 7) is 0. The molecule has 0 aliphatic rings. The molecular formula is C19H16N4O3. The van der Waals surface area contributed by atoms with Crippen molar-refractivity contribution >= 4 is 17.5 Å². The average Bonchev–Trinajstić information content (AvgIpc) is 2.68. The van der Waals surface area contributed by atoms with Crippen LogP contribution in [0.25, 0.3) is 11.3 Å². The van der Waals surface area contributed by atoms with Gasteiger partial charge in [-0.2, -0.15) is 0 Å². The summed E-state index contributed by atoms with van der Waals surface area (Å²) in [6.07, 6.45) is 2.88. The number of amides is 2. The van der Waals surface area contributed by atoms with Gasteiger partial charge in [0.1, 0.15) is 11.4 Å². The molecule has 2 aromatic carbocycles. The Morgan fingerprint density at radius 3 is 2.65 bits per heavy atom. The minimum atomic E-state index is -0.537. The van der Waals surface area contributed by atoms with E-state index in [1.54, 1.807) is 48.5 Å². The molecule has 0 saturated heterocycles. The number of para-hydroxylation sites is 2. The van der Waals surface area contributed by atoms with Crippen molar-refractivity contribution in [3.05, 3.63) is 72.2 Å². The molecule has 0 unspecified atom stereocenters. The zero-order chi connectivity index (χ0) is 18.5. The maximum atomic E-state index is 12.5. The lowest BCUT2D eigenvalue weighted by Gasteiger charge is -2.10. The zero-order valence-corrected chi connectivity index (χ0v) is 14.0. The first-order valence-electron chi connectivity index (χ1n) is 7.75. The summed E-state index contributed by atoms with van der Waals surface area (Å²) >= 11 is 0. The third-order valence-electron chi connectivity index (χ3n) is 3.67. The predicted molar refractivity (Wildman–Crippen MR) is 96.9 cm³/mol. The first kappa shape index (κ1) is 17.1. The van der Waals surface area contributed by atoms with Crippen LogP contribution in [0.2, 0.25) is 0 Å². The van der Waals surface area contributed by atoms with Crippen molar-refractivity contribution in [1.82, 2.24) is 9.97 Å². The second-order valence-corrected chi connectivity index (χ2v) is 5.39. The van der Waals surface area contributed by atoms with Crippen LogP contribution in [-0.4, -0.2) is 28.9 Å². The normalized spacial score (nSPS) is 10.2. The van der Waals surface area contributed by atoms with E-state index in [2.05, 4.69) is 15.3 Å². The van der Waals surface area contributed by atoms with Gasteiger partial charge in [0, 0.05) is 11.1 Å². The number of primary amides is 1. The van der Waals surface area contributed by atoms with Crippen LogP contribution in [0, 0.1) is 0 Å². The van der Waals surface area contributed by atoms with Crippen LogP contribution in [0.3, 0.4) is 0 Å². The maximum Gasteiger partial charge on any atom is 0.275 e. The van der Waals surface area contributed by atoms with Crippen LogP contribution in [0.1, 0.15) is 20.8 Å².